The molecule has 0 saturated carbocycles. The summed E-state index contributed by atoms with van der Waals surface area (Å²) >= 11 is 14.1. The summed E-state index contributed by atoms with van der Waals surface area (Å²) in [5, 5.41) is 9.71. The van der Waals surface area contributed by atoms with Gasteiger partial charge in [0.05, 0.1) is 23.4 Å². The van der Waals surface area contributed by atoms with Gasteiger partial charge in [0.15, 0.2) is 5.69 Å². The maximum absolute atomic E-state index is 13.3. The number of thioether (sulfide) groups is 1. The fraction of sp³-hybridized carbons (Fsp3) is 0.217. The predicted molar refractivity (Wildman–Crippen MR) is 130 cm³/mol. The summed E-state index contributed by atoms with van der Waals surface area (Å²) in [6.45, 7) is 5.50. The van der Waals surface area contributed by atoms with Crippen molar-refractivity contribution >= 4 is 46.6 Å². The second-order valence-corrected chi connectivity index (χ2v) is 8.79. The summed E-state index contributed by atoms with van der Waals surface area (Å²) in [4.78, 5) is 19.4. The number of aromatic nitrogens is 3. The van der Waals surface area contributed by atoms with Crippen LogP contribution in [-0.4, -0.2) is 34.0 Å². The molecule has 0 spiro atoms. The van der Waals surface area contributed by atoms with Gasteiger partial charge in [-0.05, 0) is 18.2 Å². The number of nitrogens with zero attached hydrogens (tertiary/aromatic N) is 4. The van der Waals surface area contributed by atoms with Gasteiger partial charge in [0.25, 0.3) is 0 Å². The van der Waals surface area contributed by atoms with Gasteiger partial charge < -0.3 is 9.47 Å². The maximum atomic E-state index is 13.3. The molecule has 1 amide bonds. The summed E-state index contributed by atoms with van der Waals surface area (Å²) in [6.07, 6.45) is 1.03. The highest BCUT2D eigenvalue weighted by Crippen LogP contribution is 2.46. The van der Waals surface area contributed by atoms with Crippen LogP contribution in [0.5, 0.6) is 11.6 Å². The van der Waals surface area contributed by atoms with Crippen molar-refractivity contribution in [3.8, 4) is 22.9 Å². The molecule has 0 N–H and O–H groups in total. The molecule has 2 heterocycles. The highest BCUT2D eigenvalue weighted by atomic mass is 35.5. The minimum absolute atomic E-state index is 0.173. The average molecular weight is 503 g/mol. The van der Waals surface area contributed by atoms with Crippen molar-refractivity contribution in [1.29, 1.82) is 0 Å². The van der Waals surface area contributed by atoms with Gasteiger partial charge in [0, 0.05) is 22.8 Å². The second kappa shape index (κ2) is 9.99. The maximum Gasteiger partial charge on any atom is 0.247 e. The molecule has 33 heavy (non-hydrogen) atoms. The van der Waals surface area contributed by atoms with Gasteiger partial charge in [0.2, 0.25) is 23.2 Å². The van der Waals surface area contributed by atoms with Crippen LogP contribution in [0.25, 0.3) is 11.3 Å². The quantitative estimate of drug-likeness (QED) is 0.303. The third-order valence-corrected chi connectivity index (χ3v) is 6.25. The minimum Gasteiger partial charge on any atom is -0.495 e. The molecule has 0 fully saturated rings. The van der Waals surface area contributed by atoms with Crippen molar-refractivity contribution in [3.63, 3.8) is 0 Å². The van der Waals surface area contributed by atoms with Crippen LogP contribution in [-0.2, 0) is 4.79 Å². The summed E-state index contributed by atoms with van der Waals surface area (Å²) < 4.78 is 12.0. The Labute approximate surface area is 205 Å². The van der Waals surface area contributed by atoms with E-state index in [9.17, 15) is 4.79 Å². The molecule has 0 aliphatic carbocycles. The van der Waals surface area contributed by atoms with Gasteiger partial charge in [-0.2, -0.15) is 4.98 Å². The SMILES string of the molecule is C=CCSc1nnc2c(n1)O[C@@H](c1cc(Cl)cc(Cl)c1OC)N(C(=O)CC)c1ccccc1-2. The summed E-state index contributed by atoms with van der Waals surface area (Å²) in [5.41, 5.74) is 2.19. The van der Waals surface area contributed by atoms with E-state index in [2.05, 4.69) is 21.8 Å². The Hall–Kier alpha value is -2.81. The van der Waals surface area contributed by atoms with E-state index in [1.54, 1.807) is 30.0 Å². The number of anilines is 1. The number of carbonyl (C=O) groups is 1. The van der Waals surface area contributed by atoms with E-state index in [0.29, 0.717) is 49.2 Å². The van der Waals surface area contributed by atoms with E-state index in [0.717, 1.165) is 0 Å². The number of para-hydroxylation sites is 1. The summed E-state index contributed by atoms with van der Waals surface area (Å²) in [7, 11) is 1.50. The lowest BCUT2D eigenvalue weighted by Crippen LogP contribution is -2.37. The van der Waals surface area contributed by atoms with Gasteiger partial charge in [0.1, 0.15) is 5.75 Å². The number of methoxy groups -OCH3 is 1. The van der Waals surface area contributed by atoms with Crippen LogP contribution in [0.3, 0.4) is 0 Å². The molecule has 4 rings (SSSR count). The molecule has 0 bridgehead atoms. The van der Waals surface area contributed by atoms with Crippen molar-refractivity contribution in [2.24, 2.45) is 0 Å². The van der Waals surface area contributed by atoms with E-state index >= 15 is 0 Å². The van der Waals surface area contributed by atoms with Gasteiger partial charge in [-0.15, -0.1) is 16.8 Å². The number of rotatable bonds is 6. The summed E-state index contributed by atoms with van der Waals surface area (Å²) in [5.74, 6) is 1.02. The Morgan fingerprint density at radius 3 is 2.82 bits per heavy atom. The van der Waals surface area contributed by atoms with Crippen LogP contribution in [0.15, 0.2) is 54.2 Å². The van der Waals surface area contributed by atoms with Crippen LogP contribution in [0, 0.1) is 0 Å². The lowest BCUT2D eigenvalue weighted by Gasteiger charge is -2.31. The number of hydrogen-bond donors (Lipinski definition) is 0. The van der Waals surface area contributed by atoms with Gasteiger partial charge in [-0.25, -0.2) is 0 Å². The molecule has 3 aromatic rings. The first kappa shape index (κ1) is 23.4. The van der Waals surface area contributed by atoms with Crippen LogP contribution < -0.4 is 14.4 Å². The zero-order chi connectivity index (χ0) is 23.5. The van der Waals surface area contributed by atoms with E-state index in [1.807, 2.05) is 24.3 Å². The first-order valence-electron chi connectivity index (χ1n) is 10.1. The molecule has 7 nitrogen and oxygen atoms in total. The number of benzene rings is 2. The average Bonchev–Trinajstić information content (AvgIpc) is 2.96. The topological polar surface area (TPSA) is 77.4 Å². The molecule has 0 saturated heterocycles. The molecule has 1 atom stereocenters. The van der Waals surface area contributed by atoms with Gasteiger partial charge in [-0.3, -0.25) is 9.69 Å². The van der Waals surface area contributed by atoms with Crippen molar-refractivity contribution in [2.75, 3.05) is 17.8 Å². The molecule has 10 heteroatoms. The molecular weight excluding hydrogens is 483 g/mol. The zero-order valence-corrected chi connectivity index (χ0v) is 20.2. The predicted octanol–water partition coefficient (Wildman–Crippen LogP) is 5.97. The highest BCUT2D eigenvalue weighted by Gasteiger charge is 2.37. The molecule has 0 radical (unpaired) electrons. The molecule has 1 aliphatic heterocycles. The Balaban J connectivity index is 1.99. The van der Waals surface area contributed by atoms with Crippen LogP contribution in [0.2, 0.25) is 10.0 Å². The van der Waals surface area contributed by atoms with E-state index in [4.69, 9.17) is 32.7 Å². The van der Waals surface area contributed by atoms with Crippen molar-refractivity contribution in [3.05, 3.63) is 64.7 Å². The number of halogens is 2. The molecule has 1 aliphatic rings. The number of fused-ring (bicyclic) bond motifs is 3. The van der Waals surface area contributed by atoms with Crippen molar-refractivity contribution < 1.29 is 14.3 Å². The summed E-state index contributed by atoms with van der Waals surface area (Å²) in [6, 6.07) is 10.6. The van der Waals surface area contributed by atoms with E-state index < -0.39 is 6.23 Å². The third-order valence-electron chi connectivity index (χ3n) is 4.92. The van der Waals surface area contributed by atoms with E-state index in [-0.39, 0.29) is 18.2 Å². The van der Waals surface area contributed by atoms with Crippen molar-refractivity contribution in [1.82, 2.24) is 15.2 Å². The Kier molecular flexibility index (Phi) is 7.07. The second-order valence-electron chi connectivity index (χ2n) is 6.96. The standard InChI is InChI=1S/C23H20Cl2N4O3S/c1-4-10-33-23-26-21-19(27-28-23)14-8-6-7-9-17(14)29(18(30)5-2)22(32-21)15-11-13(24)12-16(25)20(15)31-3/h4,6-9,11-12,22H,1,5,10H2,2-3H3/t22-/m0/s1. The van der Waals surface area contributed by atoms with Gasteiger partial charge >= 0.3 is 0 Å². The monoisotopic (exact) mass is 502 g/mol. The van der Waals surface area contributed by atoms with Gasteiger partial charge in [-0.1, -0.05) is 66.2 Å². The highest BCUT2D eigenvalue weighted by molar-refractivity contribution is 7.99. The molecule has 2 aromatic carbocycles. The minimum atomic E-state index is -0.958. The Morgan fingerprint density at radius 2 is 2.09 bits per heavy atom. The largest absolute Gasteiger partial charge is 0.495 e. The van der Waals surface area contributed by atoms with E-state index in [1.165, 1.54) is 18.9 Å². The third kappa shape index (κ3) is 4.51. The number of carbonyl (C=O) groups excluding carboxylic acids is 1. The first-order chi connectivity index (χ1) is 16.0. The smallest absolute Gasteiger partial charge is 0.247 e. The number of amides is 1. The van der Waals surface area contributed by atoms with Crippen molar-refractivity contribution in [2.45, 2.75) is 24.7 Å². The molecule has 170 valence electrons. The van der Waals surface area contributed by atoms with Crippen LogP contribution >= 0.6 is 35.0 Å². The molecular formula is C23H20Cl2N4O3S. The Morgan fingerprint density at radius 1 is 1.30 bits per heavy atom. The lowest BCUT2D eigenvalue weighted by molar-refractivity contribution is -0.120. The number of hydrogen-bond acceptors (Lipinski definition) is 7. The first-order valence-corrected chi connectivity index (χ1v) is 11.8. The number of ether oxygens (including phenoxy) is 2. The van der Waals surface area contributed by atoms with Crippen LogP contribution in [0.1, 0.15) is 25.1 Å². The molecule has 0 unspecified atom stereocenters. The normalized spacial score (nSPS) is 14.5. The fourth-order valence-electron chi connectivity index (χ4n) is 3.53. The molecule has 1 aromatic heterocycles. The fourth-order valence-corrected chi connectivity index (χ4v) is 4.63. The van der Waals surface area contributed by atoms with Crippen LogP contribution in [0.4, 0.5) is 5.69 Å². The lowest BCUT2D eigenvalue weighted by atomic mass is 10.1. The zero-order valence-electron chi connectivity index (χ0n) is 17.9. The Bertz CT molecular complexity index is 1220.